The van der Waals surface area contributed by atoms with Crippen LogP contribution in [0, 0.1) is 0 Å². The molecule has 82 valence electrons. The highest BCUT2D eigenvalue weighted by molar-refractivity contribution is 6.35. The summed E-state index contributed by atoms with van der Waals surface area (Å²) in [6.45, 7) is 0.376. The molecule has 6 heteroatoms. The van der Waals surface area contributed by atoms with Gasteiger partial charge in [-0.3, -0.25) is 0 Å². The predicted octanol–water partition coefficient (Wildman–Crippen LogP) is 2.80. The summed E-state index contributed by atoms with van der Waals surface area (Å²) in [5.74, 6) is 0. The second-order valence-electron chi connectivity index (χ2n) is 2.51. The molecule has 0 saturated carbocycles. The van der Waals surface area contributed by atoms with Gasteiger partial charge in [0.1, 0.15) is 0 Å². The van der Waals surface area contributed by atoms with Gasteiger partial charge in [-0.2, -0.15) is 0 Å². The second-order valence-corrected chi connectivity index (χ2v) is 3.35. The topological polar surface area (TPSA) is 52.0 Å². The number of nitrogens with two attached hydrogens (primary N) is 2. The molecule has 0 saturated heterocycles. The van der Waals surface area contributed by atoms with Crippen molar-refractivity contribution in [3.63, 3.8) is 0 Å². The minimum Gasteiger partial charge on any atom is -0.329 e. The molecule has 4 N–H and O–H groups in total. The first-order valence-corrected chi connectivity index (χ1v) is 4.31. The van der Waals surface area contributed by atoms with E-state index in [0.29, 0.717) is 16.6 Å². The van der Waals surface area contributed by atoms with Crippen molar-refractivity contribution in [1.82, 2.24) is 0 Å². The van der Waals surface area contributed by atoms with E-state index in [-0.39, 0.29) is 30.9 Å². The van der Waals surface area contributed by atoms with Gasteiger partial charge in [0.2, 0.25) is 0 Å². The summed E-state index contributed by atoms with van der Waals surface area (Å²) in [7, 11) is 0. The van der Waals surface area contributed by atoms with Gasteiger partial charge in [-0.1, -0.05) is 29.3 Å². The lowest BCUT2D eigenvalue weighted by molar-refractivity contribution is 0.737. The van der Waals surface area contributed by atoms with Gasteiger partial charge in [0.15, 0.2) is 0 Å². The SMILES string of the molecule is Cl.Cl.NCC(N)c1ccc(Cl)cc1Cl. The minimum atomic E-state index is -0.213. The first-order chi connectivity index (χ1) is 5.65. The predicted molar refractivity (Wildman–Crippen MR) is 66.9 cm³/mol. The lowest BCUT2D eigenvalue weighted by atomic mass is 10.1. The quantitative estimate of drug-likeness (QED) is 0.873. The van der Waals surface area contributed by atoms with Gasteiger partial charge >= 0.3 is 0 Å². The molecule has 0 aromatic heterocycles. The lowest BCUT2D eigenvalue weighted by Crippen LogP contribution is -2.20. The number of hydrogen-bond acceptors (Lipinski definition) is 2. The zero-order chi connectivity index (χ0) is 9.14. The van der Waals surface area contributed by atoms with Gasteiger partial charge in [0, 0.05) is 22.6 Å². The first kappa shape index (κ1) is 16.7. The Kier molecular flexibility index (Phi) is 9.04. The molecule has 1 aromatic carbocycles. The third-order valence-electron chi connectivity index (χ3n) is 1.62. The van der Waals surface area contributed by atoms with Gasteiger partial charge in [0.05, 0.1) is 0 Å². The van der Waals surface area contributed by atoms with Crippen LogP contribution in [0.25, 0.3) is 0 Å². The van der Waals surface area contributed by atoms with Crippen molar-refractivity contribution in [2.24, 2.45) is 11.5 Å². The molecule has 0 fully saturated rings. The van der Waals surface area contributed by atoms with E-state index >= 15 is 0 Å². The molecule has 0 bridgehead atoms. The summed E-state index contributed by atoms with van der Waals surface area (Å²) in [5.41, 5.74) is 11.9. The maximum absolute atomic E-state index is 5.88. The zero-order valence-electron chi connectivity index (χ0n) is 7.24. The fraction of sp³-hybridized carbons (Fsp3) is 0.250. The smallest absolute Gasteiger partial charge is 0.0469 e. The van der Waals surface area contributed by atoms with Crippen LogP contribution in [0.5, 0.6) is 0 Å². The van der Waals surface area contributed by atoms with Gasteiger partial charge in [-0.15, -0.1) is 24.8 Å². The molecule has 14 heavy (non-hydrogen) atoms. The second kappa shape index (κ2) is 7.57. The van der Waals surface area contributed by atoms with E-state index in [1.165, 1.54) is 0 Å². The van der Waals surface area contributed by atoms with E-state index in [1.807, 2.05) is 0 Å². The maximum Gasteiger partial charge on any atom is 0.0469 e. The molecule has 0 radical (unpaired) electrons. The van der Waals surface area contributed by atoms with Crippen LogP contribution in [-0.4, -0.2) is 6.54 Å². The molecular formula is C8H12Cl4N2. The molecule has 0 amide bonds. The molecule has 0 aliphatic rings. The Morgan fingerprint density at radius 1 is 1.21 bits per heavy atom. The number of halogens is 4. The fourth-order valence-corrected chi connectivity index (χ4v) is 1.48. The van der Waals surface area contributed by atoms with Crippen LogP contribution >= 0.6 is 48.0 Å². The zero-order valence-corrected chi connectivity index (χ0v) is 10.4. The van der Waals surface area contributed by atoms with Crippen molar-refractivity contribution in [3.05, 3.63) is 33.8 Å². The summed E-state index contributed by atoms with van der Waals surface area (Å²) < 4.78 is 0. The highest BCUT2D eigenvalue weighted by Gasteiger charge is 2.07. The van der Waals surface area contributed by atoms with Crippen molar-refractivity contribution < 1.29 is 0 Å². The van der Waals surface area contributed by atoms with E-state index in [2.05, 4.69) is 0 Å². The first-order valence-electron chi connectivity index (χ1n) is 3.55. The molecule has 0 aliphatic heterocycles. The third-order valence-corrected chi connectivity index (χ3v) is 2.18. The maximum atomic E-state index is 5.88. The molecule has 2 nitrogen and oxygen atoms in total. The van der Waals surface area contributed by atoms with Crippen LogP contribution in [0.15, 0.2) is 18.2 Å². The van der Waals surface area contributed by atoms with E-state index in [9.17, 15) is 0 Å². The Morgan fingerprint density at radius 2 is 1.79 bits per heavy atom. The average Bonchev–Trinajstić information content (AvgIpc) is 2.03. The summed E-state index contributed by atoms with van der Waals surface area (Å²) in [5, 5.41) is 1.17. The molecule has 1 atom stereocenters. The summed E-state index contributed by atoms with van der Waals surface area (Å²) in [6, 6.07) is 4.99. The molecular weight excluding hydrogens is 266 g/mol. The molecule has 0 spiro atoms. The Morgan fingerprint density at radius 3 is 2.21 bits per heavy atom. The van der Waals surface area contributed by atoms with E-state index in [4.69, 9.17) is 34.7 Å². The van der Waals surface area contributed by atoms with Gasteiger partial charge < -0.3 is 11.5 Å². The van der Waals surface area contributed by atoms with Crippen LogP contribution in [0.1, 0.15) is 11.6 Å². The number of benzene rings is 1. The van der Waals surface area contributed by atoms with Gasteiger partial charge in [0.25, 0.3) is 0 Å². The van der Waals surface area contributed by atoms with Crippen LogP contribution in [0.3, 0.4) is 0 Å². The molecule has 1 aromatic rings. The molecule has 0 heterocycles. The normalized spacial score (nSPS) is 11.1. The largest absolute Gasteiger partial charge is 0.329 e. The van der Waals surface area contributed by atoms with E-state index in [0.717, 1.165) is 5.56 Å². The lowest BCUT2D eigenvalue weighted by Gasteiger charge is -2.10. The average molecular weight is 278 g/mol. The van der Waals surface area contributed by atoms with Crippen LogP contribution in [0.4, 0.5) is 0 Å². The van der Waals surface area contributed by atoms with Crippen LogP contribution in [0.2, 0.25) is 10.0 Å². The highest BCUT2D eigenvalue weighted by Crippen LogP contribution is 2.24. The van der Waals surface area contributed by atoms with Gasteiger partial charge in [-0.25, -0.2) is 0 Å². The van der Waals surface area contributed by atoms with Crippen molar-refractivity contribution in [2.45, 2.75) is 6.04 Å². The minimum absolute atomic E-state index is 0. The summed E-state index contributed by atoms with van der Waals surface area (Å²) in [6.07, 6.45) is 0. The van der Waals surface area contributed by atoms with Crippen molar-refractivity contribution in [2.75, 3.05) is 6.54 Å². The summed E-state index contributed by atoms with van der Waals surface area (Å²) in [4.78, 5) is 0. The molecule has 0 aliphatic carbocycles. The standard InChI is InChI=1S/C8H10Cl2N2.2ClH/c9-5-1-2-6(7(10)3-5)8(12)4-11;;/h1-3,8H,4,11-12H2;2*1H. The third kappa shape index (κ3) is 4.22. The van der Waals surface area contributed by atoms with Crippen molar-refractivity contribution in [1.29, 1.82) is 0 Å². The molecule has 1 rings (SSSR count). The van der Waals surface area contributed by atoms with Crippen LogP contribution < -0.4 is 11.5 Å². The van der Waals surface area contributed by atoms with Crippen LogP contribution in [-0.2, 0) is 0 Å². The Hall–Kier alpha value is 0.300. The Balaban J connectivity index is 0. The fourth-order valence-electron chi connectivity index (χ4n) is 0.929. The van der Waals surface area contributed by atoms with E-state index in [1.54, 1.807) is 18.2 Å². The molecule has 1 unspecified atom stereocenters. The number of hydrogen-bond donors (Lipinski definition) is 2. The Labute approximate surface area is 106 Å². The Bertz CT molecular complexity index is 280. The highest BCUT2D eigenvalue weighted by atomic mass is 35.5. The van der Waals surface area contributed by atoms with Crippen molar-refractivity contribution >= 4 is 48.0 Å². The van der Waals surface area contributed by atoms with Crippen molar-refractivity contribution in [3.8, 4) is 0 Å². The number of rotatable bonds is 2. The summed E-state index contributed by atoms with van der Waals surface area (Å²) >= 11 is 11.6. The van der Waals surface area contributed by atoms with Gasteiger partial charge in [-0.05, 0) is 17.7 Å². The monoisotopic (exact) mass is 276 g/mol. The van der Waals surface area contributed by atoms with E-state index < -0.39 is 0 Å².